The average Bonchev–Trinajstić information content (AvgIpc) is 3.14. The van der Waals surface area contributed by atoms with Gasteiger partial charge in [-0.05, 0) is 29.8 Å². The Hall–Kier alpha value is -1.83. The van der Waals surface area contributed by atoms with Crippen molar-refractivity contribution in [3.05, 3.63) is 91.2 Å². The second-order valence-corrected chi connectivity index (χ2v) is 7.23. The third kappa shape index (κ3) is 6.65. The molecule has 1 aromatic heterocycles. The lowest BCUT2D eigenvalue weighted by molar-refractivity contribution is 0.0281. The van der Waals surface area contributed by atoms with E-state index in [1.165, 1.54) is 5.34 Å². The van der Waals surface area contributed by atoms with Gasteiger partial charge in [-0.3, -0.25) is 0 Å². The van der Waals surface area contributed by atoms with Gasteiger partial charge in [-0.2, -0.15) is 0 Å². The molecule has 0 amide bonds. The zero-order valence-corrected chi connectivity index (χ0v) is 17.3. The lowest BCUT2D eigenvalue weighted by Gasteiger charge is -2.21. The highest BCUT2D eigenvalue weighted by Gasteiger charge is 2.17. The smallest absolute Gasteiger partial charge is 0.152 e. The monoisotopic (exact) mass is 461 g/mol. The Bertz CT molecular complexity index is 907. The summed E-state index contributed by atoms with van der Waals surface area (Å²) in [5, 5.41) is 10.2. The van der Waals surface area contributed by atoms with Crippen molar-refractivity contribution in [2.24, 2.45) is 5.34 Å². The molecule has 0 aliphatic rings. The van der Waals surface area contributed by atoms with Gasteiger partial charge in [-0.25, -0.2) is 4.98 Å². The van der Waals surface area contributed by atoms with Gasteiger partial charge in [0.2, 0.25) is 0 Å². The second-order valence-electron chi connectivity index (χ2n) is 5.54. The molecular formula is C18H15Cl4N3O3. The molecule has 6 nitrogen and oxygen atoms in total. The number of nitrogens with zero attached hydrogens (tertiary/aromatic N) is 3. The summed E-state index contributed by atoms with van der Waals surface area (Å²) in [7, 11) is 0. The van der Waals surface area contributed by atoms with Crippen molar-refractivity contribution in [2.75, 3.05) is 0 Å². The van der Waals surface area contributed by atoms with Crippen molar-refractivity contribution in [3.8, 4) is 0 Å². The molecule has 2 aromatic carbocycles. The summed E-state index contributed by atoms with van der Waals surface area (Å²) in [6, 6.07) is 10.7. The van der Waals surface area contributed by atoms with Gasteiger partial charge in [0.25, 0.3) is 0 Å². The van der Waals surface area contributed by atoms with Gasteiger partial charge in [0, 0.05) is 38.0 Å². The highest BCUT2D eigenvalue weighted by Crippen LogP contribution is 2.31. The zero-order valence-electron chi connectivity index (χ0n) is 14.3. The van der Waals surface area contributed by atoms with E-state index in [-0.39, 0.29) is 6.10 Å². The Morgan fingerprint density at radius 1 is 1.07 bits per heavy atom. The van der Waals surface area contributed by atoms with E-state index in [1.54, 1.807) is 36.8 Å². The number of benzene rings is 2. The molecule has 0 aliphatic carbocycles. The summed E-state index contributed by atoms with van der Waals surface area (Å²) in [6.07, 6.45) is 5.03. The quantitative estimate of drug-likeness (QED) is 0.330. The van der Waals surface area contributed by atoms with Gasteiger partial charge >= 0.3 is 0 Å². The summed E-state index contributed by atoms with van der Waals surface area (Å²) in [6.45, 7) is 0.890. The maximum atomic E-state index is 8.11. The van der Waals surface area contributed by atoms with Gasteiger partial charge < -0.3 is 14.5 Å². The largest absolute Gasteiger partial charge is 0.379 e. The molecule has 3 rings (SSSR count). The minimum Gasteiger partial charge on any atom is -0.379 e. The molecule has 0 radical (unpaired) electrons. The van der Waals surface area contributed by atoms with Gasteiger partial charge in [0.05, 0.1) is 19.5 Å². The summed E-state index contributed by atoms with van der Waals surface area (Å²) in [5.41, 5.74) is 1.71. The van der Waals surface area contributed by atoms with Gasteiger partial charge in [-0.15, -0.1) is 4.91 Å². The van der Waals surface area contributed by atoms with E-state index in [0.29, 0.717) is 33.2 Å². The first-order valence-electron chi connectivity index (χ1n) is 7.87. The molecule has 0 fully saturated rings. The second kappa shape index (κ2) is 11.2. The molecule has 0 saturated heterocycles. The van der Waals surface area contributed by atoms with E-state index in [2.05, 4.69) is 4.98 Å². The Labute approximate surface area is 181 Å². The van der Waals surface area contributed by atoms with Gasteiger partial charge in [-0.1, -0.05) is 58.5 Å². The number of hydrogen-bond donors (Lipinski definition) is 1. The molecule has 0 bridgehead atoms. The predicted molar refractivity (Wildman–Crippen MR) is 110 cm³/mol. The molecule has 148 valence electrons. The lowest BCUT2D eigenvalue weighted by Crippen LogP contribution is -2.12. The Morgan fingerprint density at radius 2 is 1.71 bits per heavy atom. The summed E-state index contributed by atoms with van der Waals surface area (Å²) in [5.74, 6) is 0. The van der Waals surface area contributed by atoms with Crippen molar-refractivity contribution in [1.29, 1.82) is 0 Å². The molecule has 0 aliphatic heterocycles. The maximum Gasteiger partial charge on any atom is 0.152 e. The topological polar surface area (TPSA) is 76.7 Å². The average molecular weight is 463 g/mol. The molecule has 10 heteroatoms. The number of halogens is 4. The lowest BCUT2D eigenvalue weighted by atomic mass is 10.1. The van der Waals surface area contributed by atoms with Crippen LogP contribution >= 0.6 is 46.4 Å². The highest BCUT2D eigenvalue weighted by molar-refractivity contribution is 6.35. The van der Waals surface area contributed by atoms with Crippen LogP contribution in [0.25, 0.3) is 0 Å². The van der Waals surface area contributed by atoms with Crippen molar-refractivity contribution in [3.63, 3.8) is 0 Å². The molecule has 28 heavy (non-hydrogen) atoms. The Balaban J connectivity index is 0.000000878. The molecule has 1 atom stereocenters. The van der Waals surface area contributed by atoms with E-state index in [9.17, 15) is 0 Å². The number of imidazole rings is 1. The fourth-order valence-corrected chi connectivity index (χ4v) is 3.41. The van der Waals surface area contributed by atoms with Crippen molar-refractivity contribution >= 4 is 46.4 Å². The standard InChI is InChI=1S/C18H14Cl4N2O.HNO2/c19-13-2-1-12(16(21)7-13)10-25-18(9-24-6-5-23-11-24)15-4-3-14(20)8-17(15)22;2-1-3/h1-8,11,18H,9-10H2;(H,2,3)/t18-;/m0./s1. The Morgan fingerprint density at radius 3 is 2.29 bits per heavy atom. The van der Waals surface area contributed by atoms with Crippen LogP contribution in [-0.2, 0) is 17.9 Å². The third-order valence-corrected chi connectivity index (χ3v) is 4.85. The van der Waals surface area contributed by atoms with Crippen LogP contribution in [0.3, 0.4) is 0 Å². The van der Waals surface area contributed by atoms with E-state index in [0.717, 1.165) is 11.1 Å². The van der Waals surface area contributed by atoms with Crippen molar-refractivity contribution in [1.82, 2.24) is 9.55 Å². The molecular weight excluding hydrogens is 448 g/mol. The van der Waals surface area contributed by atoms with E-state index < -0.39 is 0 Å². The SMILES string of the molecule is Clc1ccc(CO[C@@H](Cn2ccnc2)c2ccc(Cl)cc2Cl)c(Cl)c1.O=NO. The number of ether oxygens (including phenoxy) is 1. The molecule has 0 unspecified atom stereocenters. The van der Waals surface area contributed by atoms with Crippen molar-refractivity contribution < 1.29 is 9.94 Å². The highest BCUT2D eigenvalue weighted by atomic mass is 35.5. The maximum absolute atomic E-state index is 8.11. The normalized spacial score (nSPS) is 11.4. The Kier molecular flexibility index (Phi) is 9.02. The molecule has 1 heterocycles. The predicted octanol–water partition coefficient (Wildman–Crippen LogP) is 6.60. The summed E-state index contributed by atoms with van der Waals surface area (Å²) >= 11 is 24.5. The van der Waals surface area contributed by atoms with E-state index >= 15 is 0 Å². The van der Waals surface area contributed by atoms with Crippen LogP contribution < -0.4 is 0 Å². The zero-order chi connectivity index (χ0) is 20.5. The first-order chi connectivity index (χ1) is 13.4. The van der Waals surface area contributed by atoms with Crippen LogP contribution in [0.5, 0.6) is 0 Å². The van der Waals surface area contributed by atoms with E-state index in [1.807, 2.05) is 22.9 Å². The van der Waals surface area contributed by atoms with Crippen LogP contribution in [-0.4, -0.2) is 14.8 Å². The fraction of sp³-hybridized carbons (Fsp3) is 0.167. The summed E-state index contributed by atoms with van der Waals surface area (Å²) in [4.78, 5) is 12.2. The summed E-state index contributed by atoms with van der Waals surface area (Å²) < 4.78 is 8.05. The third-order valence-electron chi connectivity index (χ3n) is 3.70. The minimum absolute atomic E-state index is 0.286. The number of rotatable bonds is 6. The molecule has 3 aromatic rings. The van der Waals surface area contributed by atoms with Crippen LogP contribution in [0.2, 0.25) is 20.1 Å². The fourth-order valence-electron chi connectivity index (χ4n) is 2.42. The van der Waals surface area contributed by atoms with Crippen LogP contribution in [0.15, 0.2) is 60.5 Å². The molecule has 0 spiro atoms. The molecule has 0 saturated carbocycles. The van der Waals surface area contributed by atoms with Crippen LogP contribution in [0, 0.1) is 4.91 Å². The van der Waals surface area contributed by atoms with Crippen molar-refractivity contribution in [2.45, 2.75) is 19.3 Å². The van der Waals surface area contributed by atoms with Gasteiger partial charge in [0.15, 0.2) is 5.34 Å². The van der Waals surface area contributed by atoms with E-state index in [4.69, 9.17) is 61.3 Å². The number of hydrogen-bond acceptors (Lipinski definition) is 4. The number of aromatic nitrogens is 2. The van der Waals surface area contributed by atoms with Gasteiger partial charge in [0.1, 0.15) is 6.10 Å². The first-order valence-corrected chi connectivity index (χ1v) is 9.38. The van der Waals surface area contributed by atoms with Crippen LogP contribution in [0.1, 0.15) is 17.2 Å². The molecule has 1 N–H and O–H groups in total. The minimum atomic E-state index is -0.286. The van der Waals surface area contributed by atoms with Crippen LogP contribution in [0.4, 0.5) is 0 Å². The first kappa shape index (κ1) is 22.5.